The van der Waals surface area contributed by atoms with Crippen LogP contribution in [0.2, 0.25) is 0 Å². The quantitative estimate of drug-likeness (QED) is 0.524. The largest absolute Gasteiger partial charge is 0.433 e. The third kappa shape index (κ3) is 4.54. The van der Waals surface area contributed by atoms with Gasteiger partial charge in [0.1, 0.15) is 11.5 Å². The van der Waals surface area contributed by atoms with E-state index < -0.39 is 17.8 Å². The number of carbonyl (C=O) groups is 1. The van der Waals surface area contributed by atoms with E-state index in [-0.39, 0.29) is 24.2 Å². The van der Waals surface area contributed by atoms with Gasteiger partial charge in [0.25, 0.3) is 5.91 Å². The highest BCUT2D eigenvalue weighted by Crippen LogP contribution is 2.38. The first-order valence-corrected chi connectivity index (χ1v) is 11.9. The summed E-state index contributed by atoms with van der Waals surface area (Å²) in [7, 11) is 0. The van der Waals surface area contributed by atoms with Crippen LogP contribution in [0, 0.1) is 0 Å². The number of pyridine rings is 2. The van der Waals surface area contributed by atoms with Crippen molar-refractivity contribution in [2.24, 2.45) is 0 Å². The van der Waals surface area contributed by atoms with Gasteiger partial charge in [0.2, 0.25) is 5.95 Å². The van der Waals surface area contributed by atoms with Crippen LogP contribution >= 0.6 is 0 Å². The molecule has 3 aromatic heterocycles. The SMILES string of the molecule is O=C1c2cc(C(F)(F)F)ncc2CN1c1ccc(N[C@H]2CC[C@H](Nc3ncc(C4CC4)nn3)C2)nc1. The van der Waals surface area contributed by atoms with Gasteiger partial charge in [-0.1, -0.05) is 0 Å². The number of alkyl halides is 3. The number of hydrogen-bond donors (Lipinski definition) is 2. The number of fused-ring (bicyclic) bond motifs is 1. The average molecular weight is 496 g/mol. The fourth-order valence-corrected chi connectivity index (χ4v) is 4.74. The molecule has 186 valence electrons. The molecule has 0 bridgehead atoms. The highest BCUT2D eigenvalue weighted by Gasteiger charge is 2.37. The van der Waals surface area contributed by atoms with E-state index in [1.165, 1.54) is 4.90 Å². The Morgan fingerprint density at radius 3 is 2.39 bits per heavy atom. The van der Waals surface area contributed by atoms with Gasteiger partial charge in [-0.3, -0.25) is 9.78 Å². The maximum Gasteiger partial charge on any atom is 0.433 e. The molecule has 2 aliphatic carbocycles. The van der Waals surface area contributed by atoms with Gasteiger partial charge in [-0.05, 0) is 50.3 Å². The predicted molar refractivity (Wildman–Crippen MR) is 124 cm³/mol. The van der Waals surface area contributed by atoms with E-state index in [1.54, 1.807) is 24.5 Å². The molecule has 0 spiro atoms. The van der Waals surface area contributed by atoms with E-state index in [1.807, 2.05) is 0 Å². The fourth-order valence-electron chi connectivity index (χ4n) is 4.74. The predicted octanol–water partition coefficient (Wildman–Crippen LogP) is 4.16. The summed E-state index contributed by atoms with van der Waals surface area (Å²) in [5.74, 6) is 1.24. The normalized spacial score (nSPS) is 21.5. The second kappa shape index (κ2) is 8.68. The van der Waals surface area contributed by atoms with Crippen molar-refractivity contribution in [3.63, 3.8) is 0 Å². The summed E-state index contributed by atoms with van der Waals surface area (Å²) >= 11 is 0. The second-order valence-electron chi connectivity index (χ2n) is 9.49. The van der Waals surface area contributed by atoms with Crippen LogP contribution in [0.1, 0.15) is 65.3 Å². The van der Waals surface area contributed by atoms with Crippen molar-refractivity contribution in [1.29, 1.82) is 0 Å². The van der Waals surface area contributed by atoms with Gasteiger partial charge in [0.15, 0.2) is 0 Å². The van der Waals surface area contributed by atoms with Crippen LogP contribution in [0.25, 0.3) is 0 Å². The van der Waals surface area contributed by atoms with E-state index in [0.717, 1.165) is 50.1 Å². The molecule has 0 radical (unpaired) electrons. The smallest absolute Gasteiger partial charge is 0.367 e. The molecule has 2 atom stereocenters. The lowest BCUT2D eigenvalue weighted by Gasteiger charge is -2.17. The zero-order chi connectivity index (χ0) is 24.9. The highest BCUT2D eigenvalue weighted by molar-refractivity contribution is 6.09. The summed E-state index contributed by atoms with van der Waals surface area (Å²) < 4.78 is 38.9. The Balaban J connectivity index is 1.05. The van der Waals surface area contributed by atoms with Crippen molar-refractivity contribution >= 4 is 23.4 Å². The van der Waals surface area contributed by atoms with Crippen LogP contribution in [-0.4, -0.2) is 43.1 Å². The minimum absolute atomic E-state index is 0.0189. The topological polar surface area (TPSA) is 109 Å². The zero-order valence-corrected chi connectivity index (χ0v) is 19.2. The number of anilines is 3. The van der Waals surface area contributed by atoms with E-state index in [9.17, 15) is 18.0 Å². The van der Waals surface area contributed by atoms with E-state index in [2.05, 4.69) is 35.8 Å². The van der Waals surface area contributed by atoms with Crippen molar-refractivity contribution in [1.82, 2.24) is 25.1 Å². The minimum atomic E-state index is -4.60. The Morgan fingerprint density at radius 2 is 1.72 bits per heavy atom. The summed E-state index contributed by atoms with van der Waals surface area (Å²) in [4.78, 5) is 26.4. The maximum atomic E-state index is 13.0. The van der Waals surface area contributed by atoms with Gasteiger partial charge in [-0.15, -0.1) is 10.2 Å². The second-order valence-corrected chi connectivity index (χ2v) is 9.49. The number of amides is 1. The Bertz CT molecular complexity index is 1280. The molecule has 0 unspecified atom stereocenters. The lowest BCUT2D eigenvalue weighted by Crippen LogP contribution is -2.24. The molecule has 0 saturated heterocycles. The summed E-state index contributed by atoms with van der Waals surface area (Å²) in [6.45, 7) is 0.155. The lowest BCUT2D eigenvalue weighted by atomic mass is 10.1. The van der Waals surface area contributed by atoms with Crippen LogP contribution in [0.3, 0.4) is 0 Å². The van der Waals surface area contributed by atoms with Crippen LogP contribution < -0.4 is 15.5 Å². The number of hydrogen-bond acceptors (Lipinski definition) is 8. The molecule has 3 aromatic rings. The fraction of sp³-hybridized carbons (Fsp3) is 0.417. The van der Waals surface area contributed by atoms with Gasteiger partial charge in [-0.25, -0.2) is 9.97 Å². The van der Waals surface area contributed by atoms with Crippen molar-refractivity contribution in [2.75, 3.05) is 15.5 Å². The standard InChI is InChI=1S/C24H23F3N8O/c25-24(26,27)20-8-18-14(9-28-20)12-35(22(18)36)17-5-6-21(29-10-17)31-15-3-4-16(7-15)32-23-30-11-19(33-34-23)13-1-2-13/h5-6,8-11,13,15-16H,1-4,7,12H2,(H,29,31)(H,30,32,34)/t15-,16-/m0/s1. The Hall–Kier alpha value is -3.83. The molecule has 1 amide bonds. The average Bonchev–Trinajstić information content (AvgIpc) is 3.54. The molecule has 0 aromatic carbocycles. The first-order valence-electron chi connectivity index (χ1n) is 11.9. The van der Waals surface area contributed by atoms with Gasteiger partial charge in [0, 0.05) is 35.3 Å². The van der Waals surface area contributed by atoms with Crippen LogP contribution in [0.5, 0.6) is 0 Å². The maximum absolute atomic E-state index is 13.0. The molecule has 2 fully saturated rings. The van der Waals surface area contributed by atoms with Gasteiger partial charge < -0.3 is 15.5 Å². The summed E-state index contributed by atoms with van der Waals surface area (Å²) in [5.41, 5.74) is 0.881. The summed E-state index contributed by atoms with van der Waals surface area (Å²) in [5, 5.41) is 15.2. The Morgan fingerprint density at radius 1 is 0.917 bits per heavy atom. The monoisotopic (exact) mass is 496 g/mol. The summed E-state index contributed by atoms with van der Waals surface area (Å²) in [6, 6.07) is 4.77. The molecule has 1 aliphatic heterocycles. The Kier molecular flexibility index (Phi) is 5.45. The van der Waals surface area contributed by atoms with Gasteiger partial charge >= 0.3 is 6.18 Å². The first-order chi connectivity index (χ1) is 17.3. The zero-order valence-electron chi connectivity index (χ0n) is 19.2. The molecule has 6 rings (SSSR count). The molecule has 9 nitrogen and oxygen atoms in total. The number of rotatable bonds is 6. The van der Waals surface area contributed by atoms with Crippen LogP contribution in [0.15, 0.2) is 36.8 Å². The van der Waals surface area contributed by atoms with Gasteiger partial charge in [0.05, 0.1) is 30.3 Å². The lowest BCUT2D eigenvalue weighted by molar-refractivity contribution is -0.141. The number of halogens is 3. The van der Waals surface area contributed by atoms with Crippen molar-refractivity contribution in [2.45, 2.75) is 62.8 Å². The molecular weight excluding hydrogens is 473 g/mol. The third-order valence-electron chi connectivity index (χ3n) is 6.83. The van der Waals surface area contributed by atoms with E-state index >= 15 is 0 Å². The number of nitrogens with zero attached hydrogens (tertiary/aromatic N) is 6. The molecule has 4 heterocycles. The van der Waals surface area contributed by atoms with Crippen molar-refractivity contribution in [3.8, 4) is 0 Å². The van der Waals surface area contributed by atoms with Crippen LogP contribution in [0.4, 0.5) is 30.6 Å². The van der Waals surface area contributed by atoms with E-state index in [0.29, 0.717) is 28.9 Å². The number of aromatic nitrogens is 5. The van der Waals surface area contributed by atoms with Crippen LogP contribution in [-0.2, 0) is 12.7 Å². The summed E-state index contributed by atoms with van der Waals surface area (Å²) in [6.07, 6.45) is 4.97. The molecule has 2 saturated carbocycles. The molecule has 2 N–H and O–H groups in total. The first kappa shape index (κ1) is 22.6. The third-order valence-corrected chi connectivity index (χ3v) is 6.83. The number of nitrogens with one attached hydrogen (secondary N) is 2. The van der Waals surface area contributed by atoms with E-state index in [4.69, 9.17) is 0 Å². The molecule has 36 heavy (non-hydrogen) atoms. The van der Waals surface area contributed by atoms with Crippen molar-refractivity contribution in [3.05, 3.63) is 59.3 Å². The molecule has 3 aliphatic rings. The van der Waals surface area contributed by atoms with Gasteiger partial charge in [-0.2, -0.15) is 13.2 Å². The molecule has 12 heteroatoms. The molecular formula is C24H23F3N8O. The highest BCUT2D eigenvalue weighted by atomic mass is 19.4. The van der Waals surface area contributed by atoms with Crippen molar-refractivity contribution < 1.29 is 18.0 Å². The number of carbonyl (C=O) groups excluding carboxylic acids is 1. The Labute approximate surface area is 204 Å². The minimum Gasteiger partial charge on any atom is -0.367 e.